The number of nitrogens with zero attached hydrogens (tertiary/aromatic N) is 5. The first-order valence-electron chi connectivity index (χ1n) is 9.56. The van der Waals surface area contributed by atoms with Crippen LogP contribution in [0, 0.1) is 0 Å². The zero-order valence-electron chi connectivity index (χ0n) is 15.0. The molecule has 0 radical (unpaired) electrons. The molecule has 24 heavy (non-hydrogen) atoms. The van der Waals surface area contributed by atoms with Crippen molar-refractivity contribution < 1.29 is 0 Å². The van der Waals surface area contributed by atoms with Crippen LogP contribution < -0.4 is 4.90 Å². The van der Waals surface area contributed by atoms with Gasteiger partial charge in [0.25, 0.3) is 0 Å². The van der Waals surface area contributed by atoms with Gasteiger partial charge in [-0.2, -0.15) is 9.61 Å². The highest BCUT2D eigenvalue weighted by Gasteiger charge is 2.25. The molecule has 2 aliphatic rings. The minimum atomic E-state index is 0.436. The molecule has 5 nitrogen and oxygen atoms in total. The molecule has 1 saturated heterocycles. The Labute approximate surface area is 144 Å². The van der Waals surface area contributed by atoms with Gasteiger partial charge >= 0.3 is 0 Å². The predicted octanol–water partition coefficient (Wildman–Crippen LogP) is 3.31. The van der Waals surface area contributed by atoms with E-state index >= 15 is 0 Å². The molecule has 0 amide bonds. The van der Waals surface area contributed by atoms with Gasteiger partial charge in [0.05, 0.1) is 6.20 Å². The SMILES string of the molecule is CC(C)c1cc(N2CCCN(C3CCCC3)CC2)n2nccc2n1. The maximum Gasteiger partial charge on any atom is 0.157 e. The van der Waals surface area contributed by atoms with Crippen LogP contribution in [-0.4, -0.2) is 51.7 Å². The van der Waals surface area contributed by atoms with Gasteiger partial charge in [-0.05, 0) is 25.2 Å². The summed E-state index contributed by atoms with van der Waals surface area (Å²) in [6.45, 7) is 9.04. The van der Waals surface area contributed by atoms with Crippen LogP contribution >= 0.6 is 0 Å². The zero-order valence-corrected chi connectivity index (χ0v) is 15.0. The summed E-state index contributed by atoms with van der Waals surface area (Å²) in [7, 11) is 0. The fourth-order valence-electron chi connectivity index (χ4n) is 4.24. The summed E-state index contributed by atoms with van der Waals surface area (Å²) in [5.74, 6) is 1.65. The van der Waals surface area contributed by atoms with Gasteiger partial charge in [-0.25, -0.2) is 4.98 Å². The summed E-state index contributed by atoms with van der Waals surface area (Å²) in [5, 5.41) is 4.52. The highest BCUT2D eigenvalue weighted by Crippen LogP contribution is 2.26. The molecular weight excluding hydrogens is 298 g/mol. The average molecular weight is 327 g/mol. The summed E-state index contributed by atoms with van der Waals surface area (Å²) in [5.41, 5.74) is 2.13. The van der Waals surface area contributed by atoms with E-state index in [0.29, 0.717) is 5.92 Å². The van der Waals surface area contributed by atoms with Crippen LogP contribution in [0.4, 0.5) is 5.82 Å². The Morgan fingerprint density at radius 1 is 1.04 bits per heavy atom. The van der Waals surface area contributed by atoms with Gasteiger partial charge in [-0.3, -0.25) is 4.90 Å². The largest absolute Gasteiger partial charge is 0.355 e. The Kier molecular flexibility index (Phi) is 4.44. The third kappa shape index (κ3) is 3.02. The maximum atomic E-state index is 4.76. The van der Waals surface area contributed by atoms with Gasteiger partial charge in [-0.15, -0.1) is 0 Å². The minimum absolute atomic E-state index is 0.436. The standard InChI is InChI=1S/C19H29N5/c1-15(2)17-14-19(24-18(21-17)8-9-20-24)23-11-5-10-22(12-13-23)16-6-3-4-7-16/h8-9,14-16H,3-7,10-13H2,1-2H3. The van der Waals surface area contributed by atoms with Crippen LogP contribution in [-0.2, 0) is 0 Å². The first-order valence-corrected chi connectivity index (χ1v) is 9.56. The van der Waals surface area contributed by atoms with E-state index in [9.17, 15) is 0 Å². The molecule has 1 aliphatic heterocycles. The highest BCUT2D eigenvalue weighted by molar-refractivity contribution is 5.51. The molecule has 0 bridgehead atoms. The zero-order chi connectivity index (χ0) is 16.5. The summed E-state index contributed by atoms with van der Waals surface area (Å²) >= 11 is 0. The average Bonchev–Trinajstić information content (AvgIpc) is 3.21. The highest BCUT2D eigenvalue weighted by atomic mass is 15.4. The molecule has 2 fully saturated rings. The van der Waals surface area contributed by atoms with Crippen LogP contribution in [0.2, 0.25) is 0 Å². The number of fused-ring (bicyclic) bond motifs is 1. The third-order valence-electron chi connectivity index (χ3n) is 5.65. The van der Waals surface area contributed by atoms with Crippen molar-refractivity contribution in [1.82, 2.24) is 19.5 Å². The lowest BCUT2D eigenvalue weighted by Crippen LogP contribution is -2.37. The van der Waals surface area contributed by atoms with E-state index in [-0.39, 0.29) is 0 Å². The van der Waals surface area contributed by atoms with Crippen molar-refractivity contribution in [2.75, 3.05) is 31.1 Å². The van der Waals surface area contributed by atoms with Crippen LogP contribution in [0.15, 0.2) is 18.3 Å². The van der Waals surface area contributed by atoms with Gasteiger partial charge in [0.2, 0.25) is 0 Å². The fourth-order valence-corrected chi connectivity index (χ4v) is 4.24. The molecule has 4 rings (SSSR count). The second-order valence-corrected chi connectivity index (χ2v) is 7.61. The van der Waals surface area contributed by atoms with Gasteiger partial charge in [0.1, 0.15) is 5.82 Å². The van der Waals surface area contributed by atoms with Crippen molar-refractivity contribution in [2.24, 2.45) is 0 Å². The summed E-state index contributed by atoms with van der Waals surface area (Å²) in [6.07, 6.45) is 8.73. The van der Waals surface area contributed by atoms with E-state index in [2.05, 4.69) is 34.8 Å². The van der Waals surface area contributed by atoms with Crippen molar-refractivity contribution in [3.8, 4) is 0 Å². The normalized spacial score (nSPS) is 21.0. The molecule has 5 heteroatoms. The van der Waals surface area contributed by atoms with Crippen LogP contribution in [0.5, 0.6) is 0 Å². The van der Waals surface area contributed by atoms with E-state index in [0.717, 1.165) is 30.5 Å². The quantitative estimate of drug-likeness (QED) is 0.867. The number of rotatable bonds is 3. The summed E-state index contributed by atoms with van der Waals surface area (Å²) < 4.78 is 2.01. The van der Waals surface area contributed by atoms with E-state index in [1.807, 2.05) is 16.8 Å². The first kappa shape index (κ1) is 15.9. The molecule has 0 atom stereocenters. The lowest BCUT2D eigenvalue weighted by Gasteiger charge is -2.28. The molecule has 3 heterocycles. The molecule has 2 aromatic rings. The number of hydrogen-bond donors (Lipinski definition) is 0. The monoisotopic (exact) mass is 327 g/mol. The smallest absolute Gasteiger partial charge is 0.157 e. The predicted molar refractivity (Wildman–Crippen MR) is 97.7 cm³/mol. The number of aromatic nitrogens is 3. The van der Waals surface area contributed by atoms with Gasteiger partial charge in [0.15, 0.2) is 5.65 Å². The van der Waals surface area contributed by atoms with Gasteiger partial charge < -0.3 is 4.90 Å². The molecule has 130 valence electrons. The molecule has 0 spiro atoms. The van der Waals surface area contributed by atoms with Gasteiger partial charge in [0, 0.05) is 50.0 Å². The van der Waals surface area contributed by atoms with Crippen LogP contribution in [0.3, 0.4) is 0 Å². The van der Waals surface area contributed by atoms with Crippen molar-refractivity contribution in [3.63, 3.8) is 0 Å². The summed E-state index contributed by atoms with van der Waals surface area (Å²) in [4.78, 5) is 10.0. The maximum absolute atomic E-state index is 4.76. The third-order valence-corrected chi connectivity index (χ3v) is 5.65. The molecule has 0 unspecified atom stereocenters. The summed E-state index contributed by atoms with van der Waals surface area (Å²) in [6, 6.07) is 5.09. The van der Waals surface area contributed by atoms with Crippen molar-refractivity contribution in [1.29, 1.82) is 0 Å². The number of hydrogen-bond acceptors (Lipinski definition) is 4. The molecular formula is C19H29N5. The second kappa shape index (κ2) is 6.71. The van der Waals surface area contributed by atoms with E-state index in [1.165, 1.54) is 51.0 Å². The van der Waals surface area contributed by atoms with E-state index in [4.69, 9.17) is 4.98 Å². The van der Waals surface area contributed by atoms with E-state index < -0.39 is 0 Å². The molecule has 1 aliphatic carbocycles. The van der Waals surface area contributed by atoms with Crippen molar-refractivity contribution >= 4 is 11.5 Å². The Morgan fingerprint density at radius 2 is 1.88 bits per heavy atom. The lowest BCUT2D eigenvalue weighted by atomic mass is 10.1. The second-order valence-electron chi connectivity index (χ2n) is 7.61. The van der Waals surface area contributed by atoms with Gasteiger partial charge in [-0.1, -0.05) is 26.7 Å². The Morgan fingerprint density at radius 3 is 2.67 bits per heavy atom. The fraction of sp³-hybridized carbons (Fsp3) is 0.684. The Bertz CT molecular complexity index is 686. The topological polar surface area (TPSA) is 36.7 Å². The molecule has 0 aromatic carbocycles. The molecule has 0 N–H and O–H groups in total. The minimum Gasteiger partial charge on any atom is -0.355 e. The molecule has 1 saturated carbocycles. The Balaban J connectivity index is 1.59. The number of anilines is 1. The van der Waals surface area contributed by atoms with Crippen LogP contribution in [0.1, 0.15) is 57.6 Å². The molecule has 2 aromatic heterocycles. The van der Waals surface area contributed by atoms with Crippen molar-refractivity contribution in [3.05, 3.63) is 24.0 Å². The van der Waals surface area contributed by atoms with Crippen molar-refractivity contribution in [2.45, 2.75) is 57.9 Å². The van der Waals surface area contributed by atoms with Crippen LogP contribution in [0.25, 0.3) is 5.65 Å². The lowest BCUT2D eigenvalue weighted by molar-refractivity contribution is 0.213. The first-order chi connectivity index (χ1) is 11.7. The Hall–Kier alpha value is -1.62. The van der Waals surface area contributed by atoms with E-state index in [1.54, 1.807) is 0 Å².